The molecule has 1 aromatic carbocycles. The van der Waals surface area contributed by atoms with E-state index in [-0.39, 0.29) is 0 Å². The van der Waals surface area contributed by atoms with Gasteiger partial charge in [-0.15, -0.1) is 0 Å². The van der Waals surface area contributed by atoms with Crippen molar-refractivity contribution in [2.24, 2.45) is 7.05 Å². The molecule has 0 amide bonds. The Hall–Kier alpha value is -1.77. The minimum Gasteiger partial charge on any atom is -0.378 e. The summed E-state index contributed by atoms with van der Waals surface area (Å²) in [6, 6.07) is 8.52. The standard InChI is InChI=1S/C13H17N3/c1-3-11-6-4-5-7-12(11)8-14-13-9-15-16(2)10-13/h4-7,9-10,14H,3,8H2,1-2H3. The minimum atomic E-state index is 0.857. The normalized spacial score (nSPS) is 10.4. The Morgan fingerprint density at radius 3 is 2.62 bits per heavy atom. The van der Waals surface area contributed by atoms with Crippen LogP contribution in [0, 0.1) is 0 Å². The second-order valence-electron chi connectivity index (χ2n) is 3.88. The molecule has 0 saturated heterocycles. The first-order valence-corrected chi connectivity index (χ1v) is 5.59. The maximum Gasteiger partial charge on any atom is 0.0729 e. The molecule has 3 nitrogen and oxygen atoms in total. The topological polar surface area (TPSA) is 29.9 Å². The molecule has 0 aliphatic rings. The van der Waals surface area contributed by atoms with Crippen molar-refractivity contribution in [3.8, 4) is 0 Å². The van der Waals surface area contributed by atoms with E-state index < -0.39 is 0 Å². The lowest BCUT2D eigenvalue weighted by Gasteiger charge is -2.08. The van der Waals surface area contributed by atoms with Gasteiger partial charge in [0.25, 0.3) is 0 Å². The van der Waals surface area contributed by atoms with Gasteiger partial charge in [-0.2, -0.15) is 5.10 Å². The van der Waals surface area contributed by atoms with E-state index in [9.17, 15) is 0 Å². The van der Waals surface area contributed by atoms with E-state index in [1.807, 2.05) is 19.4 Å². The van der Waals surface area contributed by atoms with Gasteiger partial charge in [0.05, 0.1) is 11.9 Å². The molecule has 84 valence electrons. The van der Waals surface area contributed by atoms with Crippen molar-refractivity contribution in [1.29, 1.82) is 0 Å². The molecule has 0 atom stereocenters. The van der Waals surface area contributed by atoms with Crippen LogP contribution in [0.5, 0.6) is 0 Å². The Morgan fingerprint density at radius 2 is 2.00 bits per heavy atom. The zero-order valence-electron chi connectivity index (χ0n) is 9.77. The van der Waals surface area contributed by atoms with Crippen LogP contribution in [0.15, 0.2) is 36.7 Å². The molecule has 1 aromatic heterocycles. The first-order chi connectivity index (χ1) is 7.79. The lowest BCUT2D eigenvalue weighted by atomic mass is 10.1. The Balaban J connectivity index is 2.04. The first kappa shape index (κ1) is 10.7. The van der Waals surface area contributed by atoms with E-state index in [0.29, 0.717) is 0 Å². The number of rotatable bonds is 4. The summed E-state index contributed by atoms with van der Waals surface area (Å²) in [5.74, 6) is 0. The molecule has 0 bridgehead atoms. The van der Waals surface area contributed by atoms with Crippen LogP contribution in [0.1, 0.15) is 18.1 Å². The molecule has 2 rings (SSSR count). The van der Waals surface area contributed by atoms with Crippen molar-refractivity contribution in [1.82, 2.24) is 9.78 Å². The Morgan fingerprint density at radius 1 is 1.25 bits per heavy atom. The molecule has 0 aliphatic heterocycles. The van der Waals surface area contributed by atoms with Crippen molar-refractivity contribution in [3.05, 3.63) is 47.8 Å². The maximum absolute atomic E-state index is 4.13. The van der Waals surface area contributed by atoms with Crippen molar-refractivity contribution in [2.75, 3.05) is 5.32 Å². The molecule has 0 radical (unpaired) electrons. The summed E-state index contributed by atoms with van der Waals surface area (Å²) in [4.78, 5) is 0. The molecule has 1 N–H and O–H groups in total. The van der Waals surface area contributed by atoms with Crippen LogP contribution in [-0.4, -0.2) is 9.78 Å². The van der Waals surface area contributed by atoms with E-state index in [1.165, 1.54) is 11.1 Å². The minimum absolute atomic E-state index is 0.857. The zero-order valence-corrected chi connectivity index (χ0v) is 9.77. The summed E-state index contributed by atoms with van der Waals surface area (Å²) in [6.07, 6.45) is 4.90. The Kier molecular flexibility index (Phi) is 3.25. The number of hydrogen-bond acceptors (Lipinski definition) is 2. The molecule has 2 aromatic rings. The number of hydrogen-bond donors (Lipinski definition) is 1. The van der Waals surface area contributed by atoms with E-state index >= 15 is 0 Å². The average Bonchev–Trinajstić information content (AvgIpc) is 2.73. The fourth-order valence-electron chi connectivity index (χ4n) is 1.78. The summed E-state index contributed by atoms with van der Waals surface area (Å²) < 4.78 is 1.80. The predicted octanol–water partition coefficient (Wildman–Crippen LogP) is 2.59. The fourth-order valence-corrected chi connectivity index (χ4v) is 1.78. The molecular weight excluding hydrogens is 198 g/mol. The first-order valence-electron chi connectivity index (χ1n) is 5.59. The van der Waals surface area contributed by atoms with E-state index in [2.05, 4.69) is 41.6 Å². The monoisotopic (exact) mass is 215 g/mol. The maximum atomic E-state index is 4.13. The van der Waals surface area contributed by atoms with Gasteiger partial charge in [-0.05, 0) is 17.5 Å². The van der Waals surface area contributed by atoms with Crippen LogP contribution in [0.2, 0.25) is 0 Å². The predicted molar refractivity (Wildman–Crippen MR) is 66.4 cm³/mol. The lowest BCUT2D eigenvalue weighted by molar-refractivity contribution is 0.768. The van der Waals surface area contributed by atoms with Crippen LogP contribution >= 0.6 is 0 Å². The second-order valence-corrected chi connectivity index (χ2v) is 3.88. The highest BCUT2D eigenvalue weighted by Crippen LogP contribution is 2.12. The third-order valence-corrected chi connectivity index (χ3v) is 2.69. The number of aromatic nitrogens is 2. The van der Waals surface area contributed by atoms with Crippen LogP contribution in [0.3, 0.4) is 0 Å². The van der Waals surface area contributed by atoms with Gasteiger partial charge >= 0.3 is 0 Å². The van der Waals surface area contributed by atoms with Crippen LogP contribution in [0.25, 0.3) is 0 Å². The summed E-state index contributed by atoms with van der Waals surface area (Å²) >= 11 is 0. The highest BCUT2D eigenvalue weighted by atomic mass is 15.3. The van der Waals surface area contributed by atoms with Gasteiger partial charge in [0.15, 0.2) is 0 Å². The lowest BCUT2D eigenvalue weighted by Crippen LogP contribution is -2.01. The van der Waals surface area contributed by atoms with E-state index in [1.54, 1.807) is 4.68 Å². The van der Waals surface area contributed by atoms with Gasteiger partial charge in [-0.3, -0.25) is 4.68 Å². The van der Waals surface area contributed by atoms with Crippen LogP contribution in [-0.2, 0) is 20.0 Å². The molecule has 16 heavy (non-hydrogen) atoms. The number of anilines is 1. The highest BCUT2D eigenvalue weighted by Gasteiger charge is 2.00. The van der Waals surface area contributed by atoms with Crippen LogP contribution in [0.4, 0.5) is 5.69 Å². The number of nitrogens with zero attached hydrogens (tertiary/aromatic N) is 2. The Labute approximate surface area is 96.1 Å². The quantitative estimate of drug-likeness (QED) is 0.849. The highest BCUT2D eigenvalue weighted by molar-refractivity contribution is 5.40. The molecule has 0 saturated carbocycles. The average molecular weight is 215 g/mol. The largest absolute Gasteiger partial charge is 0.378 e. The van der Waals surface area contributed by atoms with Gasteiger partial charge in [0.2, 0.25) is 0 Å². The molecule has 3 heteroatoms. The van der Waals surface area contributed by atoms with Gasteiger partial charge in [-0.1, -0.05) is 31.2 Å². The summed E-state index contributed by atoms with van der Waals surface area (Å²) in [5, 5.41) is 7.50. The Bertz CT molecular complexity index is 460. The van der Waals surface area contributed by atoms with Crippen molar-refractivity contribution >= 4 is 5.69 Å². The van der Waals surface area contributed by atoms with Crippen molar-refractivity contribution < 1.29 is 0 Å². The number of nitrogens with one attached hydrogen (secondary N) is 1. The van der Waals surface area contributed by atoms with Gasteiger partial charge in [-0.25, -0.2) is 0 Å². The molecular formula is C13H17N3. The smallest absolute Gasteiger partial charge is 0.0729 e. The van der Waals surface area contributed by atoms with Crippen LogP contribution < -0.4 is 5.32 Å². The summed E-state index contributed by atoms with van der Waals surface area (Å²) in [7, 11) is 1.92. The summed E-state index contributed by atoms with van der Waals surface area (Å²) in [5.41, 5.74) is 3.82. The fraction of sp³-hybridized carbons (Fsp3) is 0.308. The third kappa shape index (κ3) is 2.42. The SMILES string of the molecule is CCc1ccccc1CNc1cnn(C)c1. The molecule has 0 aliphatic carbocycles. The number of aryl methyl sites for hydroxylation is 2. The van der Waals surface area contributed by atoms with Crippen molar-refractivity contribution in [2.45, 2.75) is 19.9 Å². The molecule has 0 spiro atoms. The molecule has 0 unspecified atom stereocenters. The van der Waals surface area contributed by atoms with E-state index in [4.69, 9.17) is 0 Å². The zero-order chi connectivity index (χ0) is 11.4. The van der Waals surface area contributed by atoms with Gasteiger partial charge < -0.3 is 5.32 Å². The van der Waals surface area contributed by atoms with Gasteiger partial charge in [0.1, 0.15) is 0 Å². The van der Waals surface area contributed by atoms with Crippen molar-refractivity contribution in [3.63, 3.8) is 0 Å². The summed E-state index contributed by atoms with van der Waals surface area (Å²) in [6.45, 7) is 3.04. The molecule has 1 heterocycles. The number of benzene rings is 1. The molecule has 0 fully saturated rings. The van der Waals surface area contributed by atoms with Gasteiger partial charge in [0, 0.05) is 19.8 Å². The second kappa shape index (κ2) is 4.84. The van der Waals surface area contributed by atoms with E-state index in [0.717, 1.165) is 18.7 Å². The third-order valence-electron chi connectivity index (χ3n) is 2.69.